The van der Waals surface area contributed by atoms with Crippen LogP contribution in [0.25, 0.3) is 17.3 Å². The van der Waals surface area contributed by atoms with Crippen molar-refractivity contribution in [3.8, 4) is 23.0 Å². The second-order valence-corrected chi connectivity index (χ2v) is 4.91. The van der Waals surface area contributed by atoms with E-state index >= 15 is 0 Å². The van der Waals surface area contributed by atoms with E-state index in [4.69, 9.17) is 4.52 Å². The zero-order chi connectivity index (χ0) is 14.8. The van der Waals surface area contributed by atoms with Crippen molar-refractivity contribution in [1.82, 2.24) is 19.9 Å². The lowest BCUT2D eigenvalue weighted by Crippen LogP contribution is -1.95. The summed E-state index contributed by atoms with van der Waals surface area (Å²) < 4.78 is 6.79. The average molecular weight is 284 g/mol. The Hall–Kier alpha value is -2.63. The fourth-order valence-corrected chi connectivity index (χ4v) is 1.94. The molecule has 0 saturated heterocycles. The Morgan fingerprint density at radius 2 is 2.05 bits per heavy atom. The number of aromatic hydroxyl groups is 1. The first-order valence-electron chi connectivity index (χ1n) is 6.87. The van der Waals surface area contributed by atoms with Crippen LogP contribution >= 0.6 is 0 Å². The number of nitrogens with zero attached hydrogens (tertiary/aromatic N) is 4. The first-order chi connectivity index (χ1) is 10.2. The topological polar surface area (TPSA) is 77.0 Å². The van der Waals surface area contributed by atoms with Crippen molar-refractivity contribution in [2.75, 3.05) is 0 Å². The van der Waals surface area contributed by atoms with Crippen LogP contribution in [0.1, 0.15) is 32.0 Å². The van der Waals surface area contributed by atoms with Crippen molar-refractivity contribution < 1.29 is 9.63 Å². The van der Waals surface area contributed by atoms with E-state index in [1.807, 2.05) is 37.3 Å². The van der Waals surface area contributed by atoms with Crippen LogP contribution in [0.4, 0.5) is 0 Å². The molecule has 2 aromatic heterocycles. The van der Waals surface area contributed by atoms with E-state index in [-0.39, 0.29) is 17.6 Å². The molecular weight excluding hydrogens is 268 g/mol. The molecule has 0 bridgehead atoms. The molecule has 1 atom stereocenters. The molecule has 0 spiro atoms. The minimum atomic E-state index is 0.0122. The number of benzene rings is 1. The van der Waals surface area contributed by atoms with Crippen LogP contribution in [-0.2, 0) is 0 Å². The molecule has 0 fully saturated rings. The normalized spacial score (nSPS) is 12.5. The Morgan fingerprint density at radius 1 is 1.29 bits per heavy atom. The SMILES string of the molecule is CCC(C)c1noc(-c2nn(-c3ccccc3)cc2O)n1. The molecule has 0 amide bonds. The van der Waals surface area contributed by atoms with Gasteiger partial charge in [-0.05, 0) is 18.6 Å². The van der Waals surface area contributed by atoms with Gasteiger partial charge in [0.1, 0.15) is 0 Å². The molecule has 1 unspecified atom stereocenters. The van der Waals surface area contributed by atoms with Gasteiger partial charge < -0.3 is 9.63 Å². The highest BCUT2D eigenvalue weighted by Gasteiger charge is 2.19. The predicted molar refractivity (Wildman–Crippen MR) is 77.2 cm³/mol. The lowest BCUT2D eigenvalue weighted by molar-refractivity contribution is 0.411. The van der Waals surface area contributed by atoms with Crippen LogP contribution in [0, 0.1) is 0 Å². The summed E-state index contributed by atoms with van der Waals surface area (Å²) in [5, 5.41) is 18.3. The Bertz CT molecular complexity index is 733. The van der Waals surface area contributed by atoms with E-state index in [1.54, 1.807) is 4.68 Å². The van der Waals surface area contributed by atoms with Crippen LogP contribution in [0.5, 0.6) is 5.75 Å². The van der Waals surface area contributed by atoms with Crippen molar-refractivity contribution in [1.29, 1.82) is 0 Å². The maximum absolute atomic E-state index is 10.0. The maximum Gasteiger partial charge on any atom is 0.282 e. The third-order valence-corrected chi connectivity index (χ3v) is 3.41. The Morgan fingerprint density at radius 3 is 2.76 bits per heavy atom. The highest BCUT2D eigenvalue weighted by Crippen LogP contribution is 2.28. The highest BCUT2D eigenvalue weighted by molar-refractivity contribution is 5.56. The first-order valence-corrected chi connectivity index (χ1v) is 6.87. The molecule has 0 aliphatic heterocycles. The third kappa shape index (κ3) is 2.52. The number of rotatable bonds is 4. The van der Waals surface area contributed by atoms with Crippen LogP contribution in [0.2, 0.25) is 0 Å². The maximum atomic E-state index is 10.0. The van der Waals surface area contributed by atoms with Crippen LogP contribution < -0.4 is 0 Å². The Kier molecular flexibility index (Phi) is 3.43. The lowest BCUT2D eigenvalue weighted by Gasteiger charge is -1.98. The van der Waals surface area contributed by atoms with Gasteiger partial charge in [0.2, 0.25) is 0 Å². The minimum Gasteiger partial charge on any atom is -0.504 e. The minimum absolute atomic E-state index is 0.0122. The summed E-state index contributed by atoms with van der Waals surface area (Å²) in [5.74, 6) is 1.08. The second kappa shape index (κ2) is 5.40. The molecule has 0 saturated carbocycles. The van der Waals surface area contributed by atoms with E-state index in [9.17, 15) is 5.11 Å². The monoisotopic (exact) mass is 284 g/mol. The number of hydrogen-bond acceptors (Lipinski definition) is 5. The van der Waals surface area contributed by atoms with Gasteiger partial charge in [0.25, 0.3) is 5.89 Å². The van der Waals surface area contributed by atoms with Crippen molar-refractivity contribution in [2.24, 2.45) is 0 Å². The quantitative estimate of drug-likeness (QED) is 0.796. The van der Waals surface area contributed by atoms with Gasteiger partial charge in [-0.15, -0.1) is 0 Å². The van der Waals surface area contributed by atoms with E-state index < -0.39 is 0 Å². The van der Waals surface area contributed by atoms with Crippen LogP contribution in [-0.4, -0.2) is 25.0 Å². The summed E-state index contributed by atoms with van der Waals surface area (Å²) >= 11 is 0. The zero-order valence-electron chi connectivity index (χ0n) is 11.9. The van der Waals surface area contributed by atoms with Gasteiger partial charge >= 0.3 is 0 Å². The van der Waals surface area contributed by atoms with E-state index in [0.717, 1.165) is 12.1 Å². The molecule has 0 aliphatic carbocycles. The lowest BCUT2D eigenvalue weighted by atomic mass is 10.1. The van der Waals surface area contributed by atoms with Gasteiger partial charge in [0.15, 0.2) is 17.3 Å². The highest BCUT2D eigenvalue weighted by atomic mass is 16.5. The van der Waals surface area contributed by atoms with Gasteiger partial charge in [-0.25, -0.2) is 4.68 Å². The number of hydrogen-bond donors (Lipinski definition) is 1. The summed E-state index contributed by atoms with van der Waals surface area (Å²) in [6.07, 6.45) is 2.45. The second-order valence-electron chi connectivity index (χ2n) is 4.91. The Balaban J connectivity index is 1.96. The average Bonchev–Trinajstić information content (AvgIpc) is 3.14. The molecule has 108 valence electrons. The van der Waals surface area contributed by atoms with Gasteiger partial charge in [-0.3, -0.25) is 0 Å². The summed E-state index contributed by atoms with van der Waals surface area (Å²) in [4.78, 5) is 4.31. The summed E-state index contributed by atoms with van der Waals surface area (Å²) in [7, 11) is 0. The Labute approximate surface area is 122 Å². The molecular formula is C15H16N4O2. The third-order valence-electron chi connectivity index (χ3n) is 3.41. The van der Waals surface area contributed by atoms with E-state index in [1.165, 1.54) is 6.20 Å². The van der Waals surface area contributed by atoms with Crippen molar-refractivity contribution in [2.45, 2.75) is 26.2 Å². The standard InChI is InChI=1S/C15H16N4O2/c1-3-10(2)14-16-15(21-18-14)13-12(20)9-19(17-13)11-7-5-4-6-8-11/h4-10,20H,3H2,1-2H3. The van der Waals surface area contributed by atoms with Gasteiger partial charge in [0.05, 0.1) is 11.9 Å². The number of para-hydroxylation sites is 1. The molecule has 21 heavy (non-hydrogen) atoms. The fraction of sp³-hybridized carbons (Fsp3) is 0.267. The fourth-order valence-electron chi connectivity index (χ4n) is 1.94. The van der Waals surface area contributed by atoms with Gasteiger partial charge in [-0.1, -0.05) is 37.2 Å². The molecule has 1 N–H and O–H groups in total. The molecule has 6 heteroatoms. The molecule has 0 aliphatic rings. The molecule has 1 aromatic carbocycles. The van der Waals surface area contributed by atoms with Crippen LogP contribution in [0.3, 0.4) is 0 Å². The van der Waals surface area contributed by atoms with E-state index in [2.05, 4.69) is 22.2 Å². The van der Waals surface area contributed by atoms with E-state index in [0.29, 0.717) is 11.5 Å². The molecule has 2 heterocycles. The zero-order valence-corrected chi connectivity index (χ0v) is 11.9. The van der Waals surface area contributed by atoms with Gasteiger partial charge in [-0.2, -0.15) is 10.1 Å². The van der Waals surface area contributed by atoms with Gasteiger partial charge in [0, 0.05) is 5.92 Å². The molecule has 3 rings (SSSR count). The van der Waals surface area contributed by atoms with Crippen molar-refractivity contribution in [3.63, 3.8) is 0 Å². The molecule has 3 aromatic rings. The molecule has 6 nitrogen and oxygen atoms in total. The largest absolute Gasteiger partial charge is 0.504 e. The predicted octanol–water partition coefficient (Wildman–Crippen LogP) is 3.14. The molecule has 0 radical (unpaired) electrons. The van der Waals surface area contributed by atoms with Crippen molar-refractivity contribution in [3.05, 3.63) is 42.4 Å². The summed E-state index contributed by atoms with van der Waals surface area (Å²) in [5.41, 5.74) is 1.14. The summed E-state index contributed by atoms with van der Waals surface area (Å²) in [6, 6.07) is 9.52. The van der Waals surface area contributed by atoms with Crippen LogP contribution in [0.15, 0.2) is 41.1 Å². The smallest absolute Gasteiger partial charge is 0.282 e. The number of aromatic nitrogens is 4. The van der Waals surface area contributed by atoms with Crippen molar-refractivity contribution >= 4 is 0 Å². The first kappa shape index (κ1) is 13.4. The summed E-state index contributed by atoms with van der Waals surface area (Å²) in [6.45, 7) is 4.08.